The number of carbonyl (C=O) groups excluding carboxylic acids is 1. The zero-order valence-electron chi connectivity index (χ0n) is 15.7. The van der Waals surface area contributed by atoms with Crippen LogP contribution in [0.15, 0.2) is 30.3 Å². The van der Waals surface area contributed by atoms with E-state index in [0.717, 1.165) is 12.1 Å². The Bertz CT molecular complexity index is 845. The molecule has 1 aliphatic rings. The first-order valence-electron chi connectivity index (χ1n) is 8.71. The third kappa shape index (κ3) is 4.42. The van der Waals surface area contributed by atoms with Crippen LogP contribution in [0.2, 0.25) is 0 Å². The van der Waals surface area contributed by atoms with E-state index in [4.69, 9.17) is 0 Å². The monoisotopic (exact) mass is 380 g/mol. The molecule has 0 atom stereocenters. The van der Waals surface area contributed by atoms with Crippen molar-refractivity contribution < 1.29 is 23.1 Å². The number of hydrogen-bond donors (Lipinski definition) is 2. The third-order valence-corrected chi connectivity index (χ3v) is 4.06. The highest BCUT2D eigenvalue weighted by Gasteiger charge is 2.40. The molecule has 1 saturated heterocycles. The van der Waals surface area contributed by atoms with Crippen LogP contribution < -0.4 is 5.32 Å². The van der Waals surface area contributed by atoms with Crippen LogP contribution in [0.3, 0.4) is 0 Å². The average molecular weight is 380 g/mol. The van der Waals surface area contributed by atoms with E-state index in [1.807, 2.05) is 13.8 Å². The largest absolute Gasteiger partial charge is 0.386 e. The summed E-state index contributed by atoms with van der Waals surface area (Å²) >= 11 is 0. The lowest BCUT2D eigenvalue weighted by atomic mass is 9.95. The number of aliphatic hydroxyl groups is 1. The Morgan fingerprint density at radius 1 is 1.11 bits per heavy atom. The van der Waals surface area contributed by atoms with Crippen molar-refractivity contribution in [2.75, 3.05) is 18.4 Å². The molecule has 0 aliphatic carbocycles. The van der Waals surface area contributed by atoms with E-state index in [1.54, 1.807) is 19.9 Å². The van der Waals surface area contributed by atoms with Gasteiger partial charge >= 0.3 is 0 Å². The molecule has 7 heteroatoms. The Hall–Kier alpha value is -2.54. The highest BCUT2D eigenvalue weighted by atomic mass is 19.2. The Labute approximate surface area is 156 Å². The van der Waals surface area contributed by atoms with Crippen LogP contribution in [0, 0.1) is 24.4 Å². The molecule has 2 aromatic carbocycles. The first-order chi connectivity index (χ1) is 12.7. The Morgan fingerprint density at radius 3 is 2.30 bits per heavy atom. The van der Waals surface area contributed by atoms with Crippen molar-refractivity contribution in [2.45, 2.75) is 33.3 Å². The summed E-state index contributed by atoms with van der Waals surface area (Å²) in [7, 11) is 0. The van der Waals surface area contributed by atoms with Crippen molar-refractivity contribution in [3.8, 4) is 0 Å². The SMILES string of the molecule is CC.Cc1ccc(Nc2c(C(=O)N3CC(C)(O)C3)ccc(F)c2F)c(F)c1. The Balaban J connectivity index is 0.00000126. The van der Waals surface area contributed by atoms with Crippen molar-refractivity contribution in [1.29, 1.82) is 0 Å². The number of hydrogen-bond acceptors (Lipinski definition) is 3. The predicted octanol–water partition coefficient (Wildman–Crippen LogP) is 4.39. The van der Waals surface area contributed by atoms with Gasteiger partial charge in [-0.25, -0.2) is 13.2 Å². The van der Waals surface area contributed by atoms with Gasteiger partial charge in [0.2, 0.25) is 0 Å². The summed E-state index contributed by atoms with van der Waals surface area (Å²) in [6, 6.07) is 6.22. The highest BCUT2D eigenvalue weighted by molar-refractivity contribution is 6.01. The number of nitrogens with zero attached hydrogens (tertiary/aromatic N) is 1. The molecule has 0 radical (unpaired) electrons. The third-order valence-electron chi connectivity index (χ3n) is 4.06. The number of aryl methyl sites for hydroxylation is 1. The van der Waals surface area contributed by atoms with Gasteiger partial charge in [0.05, 0.1) is 35.6 Å². The molecule has 0 bridgehead atoms. The van der Waals surface area contributed by atoms with Gasteiger partial charge in [-0.05, 0) is 43.7 Å². The van der Waals surface area contributed by atoms with Crippen molar-refractivity contribution in [1.82, 2.24) is 4.90 Å². The molecule has 1 aliphatic heterocycles. The minimum Gasteiger partial charge on any atom is -0.386 e. The van der Waals surface area contributed by atoms with Crippen LogP contribution in [0.5, 0.6) is 0 Å². The molecule has 1 fully saturated rings. The summed E-state index contributed by atoms with van der Waals surface area (Å²) in [5.74, 6) is -3.63. The van der Waals surface area contributed by atoms with Gasteiger partial charge in [-0.3, -0.25) is 4.79 Å². The molecular formula is C20H23F3N2O2. The topological polar surface area (TPSA) is 52.6 Å². The van der Waals surface area contributed by atoms with Crippen LogP contribution in [-0.2, 0) is 0 Å². The van der Waals surface area contributed by atoms with E-state index in [9.17, 15) is 23.1 Å². The maximum absolute atomic E-state index is 14.3. The number of nitrogens with one attached hydrogen (secondary N) is 1. The summed E-state index contributed by atoms with van der Waals surface area (Å²) < 4.78 is 41.9. The summed E-state index contributed by atoms with van der Waals surface area (Å²) in [6.45, 7) is 7.44. The molecule has 3 rings (SSSR count). The number of likely N-dealkylation sites (tertiary alicyclic amines) is 1. The fraction of sp³-hybridized carbons (Fsp3) is 0.350. The minimum atomic E-state index is -1.27. The van der Waals surface area contributed by atoms with Crippen LogP contribution in [0.4, 0.5) is 24.5 Å². The van der Waals surface area contributed by atoms with E-state index in [1.165, 1.54) is 17.0 Å². The van der Waals surface area contributed by atoms with Crippen LogP contribution >= 0.6 is 0 Å². The number of amides is 1. The molecule has 0 spiro atoms. The molecule has 146 valence electrons. The van der Waals surface area contributed by atoms with E-state index < -0.39 is 34.6 Å². The Kier molecular flexibility index (Phi) is 6.15. The highest BCUT2D eigenvalue weighted by Crippen LogP contribution is 2.31. The summed E-state index contributed by atoms with van der Waals surface area (Å²) in [5.41, 5.74) is -0.958. The smallest absolute Gasteiger partial charge is 0.256 e. The van der Waals surface area contributed by atoms with E-state index >= 15 is 0 Å². The maximum Gasteiger partial charge on any atom is 0.256 e. The second-order valence-electron chi connectivity index (χ2n) is 6.55. The average Bonchev–Trinajstić information content (AvgIpc) is 2.60. The van der Waals surface area contributed by atoms with Gasteiger partial charge in [0.25, 0.3) is 5.91 Å². The zero-order chi connectivity index (χ0) is 20.4. The maximum atomic E-state index is 14.3. The molecule has 27 heavy (non-hydrogen) atoms. The molecule has 2 N–H and O–H groups in total. The van der Waals surface area contributed by atoms with Crippen LogP contribution in [-0.4, -0.2) is 34.6 Å². The second kappa shape index (κ2) is 8.00. The fourth-order valence-electron chi connectivity index (χ4n) is 2.80. The molecule has 4 nitrogen and oxygen atoms in total. The van der Waals surface area contributed by atoms with Gasteiger partial charge in [-0.2, -0.15) is 0 Å². The molecule has 2 aromatic rings. The number of carbonyl (C=O) groups is 1. The van der Waals surface area contributed by atoms with Crippen LogP contribution in [0.25, 0.3) is 0 Å². The fourth-order valence-corrected chi connectivity index (χ4v) is 2.80. The van der Waals surface area contributed by atoms with E-state index in [2.05, 4.69) is 5.32 Å². The van der Waals surface area contributed by atoms with Gasteiger partial charge < -0.3 is 15.3 Å². The normalized spacial score (nSPS) is 14.7. The Morgan fingerprint density at radius 2 is 1.74 bits per heavy atom. The molecule has 1 heterocycles. The van der Waals surface area contributed by atoms with Crippen molar-refractivity contribution in [2.24, 2.45) is 0 Å². The van der Waals surface area contributed by atoms with Gasteiger partial charge in [0, 0.05) is 0 Å². The first-order valence-corrected chi connectivity index (χ1v) is 8.71. The zero-order valence-corrected chi connectivity index (χ0v) is 15.7. The van der Waals surface area contributed by atoms with Gasteiger partial charge in [-0.1, -0.05) is 19.9 Å². The summed E-state index contributed by atoms with van der Waals surface area (Å²) in [6.07, 6.45) is 0. The summed E-state index contributed by atoms with van der Waals surface area (Å²) in [5, 5.41) is 12.2. The number of benzene rings is 2. The standard InChI is InChI=1S/C18H17F3N2O2.C2H6/c1-10-3-6-14(13(20)7-10)22-16-11(4-5-12(19)15(16)21)17(24)23-8-18(2,25)9-23;1-2/h3-7,22,25H,8-9H2,1-2H3;1-2H3. The number of β-amino-alcohol motifs (C(OH)–C–C–N with tert-alkyl or cyclic N) is 1. The quantitative estimate of drug-likeness (QED) is 0.830. The second-order valence-corrected chi connectivity index (χ2v) is 6.55. The minimum absolute atomic E-state index is 0.0697. The first kappa shape index (κ1) is 20.8. The van der Waals surface area contributed by atoms with Crippen molar-refractivity contribution in [3.05, 3.63) is 58.9 Å². The lowest BCUT2D eigenvalue weighted by Gasteiger charge is -2.44. The predicted molar refractivity (Wildman–Crippen MR) is 98.7 cm³/mol. The van der Waals surface area contributed by atoms with Gasteiger partial charge in [0.1, 0.15) is 5.82 Å². The molecule has 0 aromatic heterocycles. The van der Waals surface area contributed by atoms with Gasteiger partial charge in [0.15, 0.2) is 11.6 Å². The molecule has 0 unspecified atom stereocenters. The van der Waals surface area contributed by atoms with Crippen LogP contribution in [0.1, 0.15) is 36.7 Å². The van der Waals surface area contributed by atoms with Crippen molar-refractivity contribution >= 4 is 17.3 Å². The van der Waals surface area contributed by atoms with E-state index in [-0.39, 0.29) is 24.3 Å². The molecule has 0 saturated carbocycles. The summed E-state index contributed by atoms with van der Waals surface area (Å²) in [4.78, 5) is 13.8. The number of rotatable bonds is 3. The lowest BCUT2D eigenvalue weighted by molar-refractivity contribution is -0.0668. The molecule has 1 amide bonds. The number of anilines is 2. The van der Waals surface area contributed by atoms with E-state index in [0.29, 0.717) is 5.56 Å². The van der Waals surface area contributed by atoms with Crippen molar-refractivity contribution in [3.63, 3.8) is 0 Å². The van der Waals surface area contributed by atoms with Gasteiger partial charge in [-0.15, -0.1) is 0 Å². The number of halogens is 3. The molecular weight excluding hydrogens is 357 g/mol. The lowest BCUT2D eigenvalue weighted by Crippen LogP contribution is -2.61.